The number of allylic oxidation sites excluding steroid dienone is 14. The van der Waals surface area contributed by atoms with Crippen LogP contribution >= 0.6 is 0 Å². The van der Waals surface area contributed by atoms with Gasteiger partial charge in [-0.25, -0.2) is 0 Å². The second kappa shape index (κ2) is 65.1. The van der Waals surface area contributed by atoms with E-state index >= 15 is 0 Å². The number of rotatable bonds is 60. The number of ether oxygens (including phenoxy) is 3. The third-order valence-electron chi connectivity index (χ3n) is 14.4. The largest absolute Gasteiger partial charge is 0.462 e. The molecular weight excluding hydrogens is 949 g/mol. The number of hydrogen-bond donors (Lipinski definition) is 0. The predicted octanol–water partition coefficient (Wildman–Crippen LogP) is 22.7. The van der Waals surface area contributed by atoms with Crippen LogP contribution in [0.3, 0.4) is 0 Å². The lowest BCUT2D eigenvalue weighted by molar-refractivity contribution is -0.167. The van der Waals surface area contributed by atoms with Crippen LogP contribution in [0.25, 0.3) is 0 Å². The molecule has 1 atom stereocenters. The molecule has 0 amide bonds. The number of carbonyl (C=O) groups is 3. The van der Waals surface area contributed by atoms with Crippen molar-refractivity contribution < 1.29 is 28.6 Å². The topological polar surface area (TPSA) is 78.9 Å². The minimum Gasteiger partial charge on any atom is -0.462 e. The first-order valence-corrected chi connectivity index (χ1v) is 33.1. The molecule has 444 valence electrons. The van der Waals surface area contributed by atoms with Crippen molar-refractivity contribution in [2.24, 2.45) is 0 Å². The number of hydrogen-bond acceptors (Lipinski definition) is 6. The van der Waals surface area contributed by atoms with Crippen LogP contribution in [0.15, 0.2) is 85.1 Å². The van der Waals surface area contributed by atoms with E-state index in [2.05, 4.69) is 106 Å². The summed E-state index contributed by atoms with van der Waals surface area (Å²) in [5.74, 6) is -0.899. The molecule has 6 nitrogen and oxygen atoms in total. The van der Waals surface area contributed by atoms with Crippen molar-refractivity contribution in [3.63, 3.8) is 0 Å². The SMILES string of the molecule is CC/C=C\C/C=C\C/C=C\CCCCCCCC(=O)OC(COC(=O)CCCCCCC/C=C\CCCCCC)COC(=O)CCCCCCCCCCCCCCCCCC/C=C\C/C=C\C/C=C\CCCCCCC. The Labute approximate surface area is 477 Å². The number of esters is 3. The molecule has 0 radical (unpaired) electrons. The van der Waals surface area contributed by atoms with Crippen LogP contribution in [0.1, 0.15) is 329 Å². The average Bonchev–Trinajstić information content (AvgIpc) is 3.43. The first-order chi connectivity index (χ1) is 38.0. The Balaban J connectivity index is 4.19. The van der Waals surface area contributed by atoms with Gasteiger partial charge in [0.05, 0.1) is 0 Å². The van der Waals surface area contributed by atoms with E-state index in [1.807, 2.05) is 0 Å². The zero-order valence-corrected chi connectivity index (χ0v) is 51.0. The quantitative estimate of drug-likeness (QED) is 0.0261. The van der Waals surface area contributed by atoms with E-state index in [1.165, 1.54) is 173 Å². The summed E-state index contributed by atoms with van der Waals surface area (Å²) in [6.07, 6.45) is 86.1. The molecule has 1 unspecified atom stereocenters. The maximum atomic E-state index is 12.9. The normalized spacial score (nSPS) is 12.6. The number of carbonyl (C=O) groups excluding carboxylic acids is 3. The Hall–Kier alpha value is -3.41. The van der Waals surface area contributed by atoms with Crippen molar-refractivity contribution in [2.75, 3.05) is 13.2 Å². The first-order valence-electron chi connectivity index (χ1n) is 33.1. The molecule has 0 aromatic rings. The Kier molecular flexibility index (Phi) is 62.2. The van der Waals surface area contributed by atoms with Gasteiger partial charge in [-0.3, -0.25) is 14.4 Å². The van der Waals surface area contributed by atoms with Gasteiger partial charge in [-0.2, -0.15) is 0 Å². The van der Waals surface area contributed by atoms with Gasteiger partial charge in [-0.05, 0) is 116 Å². The van der Waals surface area contributed by atoms with Gasteiger partial charge in [-0.1, -0.05) is 279 Å². The molecule has 0 N–H and O–H groups in total. The van der Waals surface area contributed by atoms with Gasteiger partial charge < -0.3 is 14.2 Å². The summed E-state index contributed by atoms with van der Waals surface area (Å²) in [6, 6.07) is 0. The summed E-state index contributed by atoms with van der Waals surface area (Å²) < 4.78 is 16.9. The van der Waals surface area contributed by atoms with Crippen LogP contribution < -0.4 is 0 Å². The van der Waals surface area contributed by atoms with Crippen LogP contribution in [0, 0.1) is 0 Å². The highest BCUT2D eigenvalue weighted by Gasteiger charge is 2.19. The molecule has 77 heavy (non-hydrogen) atoms. The lowest BCUT2D eigenvalue weighted by atomic mass is 10.0. The Morgan fingerprint density at radius 3 is 0.818 bits per heavy atom. The zero-order valence-electron chi connectivity index (χ0n) is 51.0. The summed E-state index contributed by atoms with van der Waals surface area (Å²) in [5, 5.41) is 0. The van der Waals surface area contributed by atoms with Crippen LogP contribution in [-0.2, 0) is 28.6 Å². The average molecular weight is 1070 g/mol. The Morgan fingerprint density at radius 1 is 0.273 bits per heavy atom. The van der Waals surface area contributed by atoms with Crippen LogP contribution in [-0.4, -0.2) is 37.2 Å². The summed E-state index contributed by atoms with van der Waals surface area (Å²) in [4.78, 5) is 38.3. The fourth-order valence-electron chi connectivity index (χ4n) is 9.40. The van der Waals surface area contributed by atoms with Gasteiger partial charge in [0.1, 0.15) is 13.2 Å². The van der Waals surface area contributed by atoms with Crippen LogP contribution in [0.2, 0.25) is 0 Å². The van der Waals surface area contributed by atoms with Crippen molar-refractivity contribution >= 4 is 17.9 Å². The van der Waals surface area contributed by atoms with Crippen molar-refractivity contribution in [2.45, 2.75) is 335 Å². The molecule has 6 heteroatoms. The van der Waals surface area contributed by atoms with E-state index in [9.17, 15) is 14.4 Å². The Morgan fingerprint density at radius 2 is 0.506 bits per heavy atom. The van der Waals surface area contributed by atoms with E-state index in [0.29, 0.717) is 19.3 Å². The van der Waals surface area contributed by atoms with E-state index in [4.69, 9.17) is 14.2 Å². The van der Waals surface area contributed by atoms with Gasteiger partial charge in [-0.15, -0.1) is 0 Å². The minimum atomic E-state index is -0.789. The predicted molar refractivity (Wildman–Crippen MR) is 334 cm³/mol. The summed E-state index contributed by atoms with van der Waals surface area (Å²) in [6.45, 7) is 6.51. The van der Waals surface area contributed by atoms with E-state index in [0.717, 1.165) is 116 Å². The van der Waals surface area contributed by atoms with Gasteiger partial charge in [0.25, 0.3) is 0 Å². The minimum absolute atomic E-state index is 0.0842. The molecule has 0 bridgehead atoms. The summed E-state index contributed by atoms with van der Waals surface area (Å²) in [7, 11) is 0. The van der Waals surface area contributed by atoms with Crippen LogP contribution in [0.4, 0.5) is 0 Å². The van der Waals surface area contributed by atoms with Crippen molar-refractivity contribution in [1.29, 1.82) is 0 Å². The molecule has 0 spiro atoms. The number of unbranched alkanes of at least 4 members (excludes halogenated alkanes) is 35. The van der Waals surface area contributed by atoms with Gasteiger partial charge >= 0.3 is 17.9 Å². The molecule has 0 saturated heterocycles. The zero-order chi connectivity index (χ0) is 55.7. The fraction of sp³-hybridized carbons (Fsp3) is 0.761. The van der Waals surface area contributed by atoms with Crippen molar-refractivity contribution in [3.05, 3.63) is 85.1 Å². The third kappa shape index (κ3) is 63.3. The molecule has 0 saturated carbocycles. The summed E-state index contributed by atoms with van der Waals surface area (Å²) >= 11 is 0. The smallest absolute Gasteiger partial charge is 0.306 e. The highest BCUT2D eigenvalue weighted by molar-refractivity contribution is 5.71. The maximum absolute atomic E-state index is 12.9. The lowest BCUT2D eigenvalue weighted by Gasteiger charge is -2.18. The molecule has 0 heterocycles. The van der Waals surface area contributed by atoms with Crippen molar-refractivity contribution in [1.82, 2.24) is 0 Å². The lowest BCUT2D eigenvalue weighted by Crippen LogP contribution is -2.30. The molecule has 0 aliphatic rings. The molecule has 0 aromatic carbocycles. The van der Waals surface area contributed by atoms with Gasteiger partial charge in [0, 0.05) is 19.3 Å². The van der Waals surface area contributed by atoms with E-state index in [1.54, 1.807) is 0 Å². The monoisotopic (exact) mass is 1070 g/mol. The highest BCUT2D eigenvalue weighted by Crippen LogP contribution is 2.17. The molecule has 0 aromatic heterocycles. The standard InChI is InChI=1S/C71H124O6/c1-4-7-10-13-16-19-22-25-27-28-29-30-31-32-33-34-35-36-37-38-39-40-41-42-44-46-49-52-55-58-61-64-70(73)76-67-68(66-75-69(72)63-60-57-54-51-48-45-24-21-18-15-12-9-6-3)77-71(74)65-62-59-56-53-50-47-43-26-23-20-17-14-11-8-5-2/h8,11,17,20-22,24-26,28-29,31-32,43,68H,4-7,9-10,12-16,18-19,23,27,30,33-42,44-67H2,1-3H3/b11-8-,20-17-,24-21-,25-22-,29-28-,32-31-,43-26-. The molecule has 0 aliphatic heterocycles. The molecule has 0 aliphatic carbocycles. The first kappa shape index (κ1) is 73.6. The Bertz CT molecular complexity index is 1470. The molecular formula is C71H124O6. The second-order valence-corrected chi connectivity index (χ2v) is 22.0. The van der Waals surface area contributed by atoms with Gasteiger partial charge in [0.2, 0.25) is 0 Å². The van der Waals surface area contributed by atoms with E-state index < -0.39 is 6.10 Å². The van der Waals surface area contributed by atoms with Crippen molar-refractivity contribution in [3.8, 4) is 0 Å². The third-order valence-corrected chi connectivity index (χ3v) is 14.4. The van der Waals surface area contributed by atoms with Gasteiger partial charge in [0.15, 0.2) is 6.10 Å². The van der Waals surface area contributed by atoms with E-state index in [-0.39, 0.29) is 31.1 Å². The highest BCUT2D eigenvalue weighted by atomic mass is 16.6. The molecule has 0 rings (SSSR count). The summed E-state index contributed by atoms with van der Waals surface area (Å²) in [5.41, 5.74) is 0. The maximum Gasteiger partial charge on any atom is 0.306 e. The fourth-order valence-corrected chi connectivity index (χ4v) is 9.40. The van der Waals surface area contributed by atoms with Crippen LogP contribution in [0.5, 0.6) is 0 Å². The molecule has 0 fully saturated rings. The second-order valence-electron chi connectivity index (χ2n) is 22.0.